The van der Waals surface area contributed by atoms with Gasteiger partial charge in [-0.15, -0.1) is 0 Å². The summed E-state index contributed by atoms with van der Waals surface area (Å²) < 4.78 is 5.84. The van der Waals surface area contributed by atoms with Crippen molar-refractivity contribution >= 4 is 0 Å². The molecule has 0 aliphatic carbocycles. The van der Waals surface area contributed by atoms with Gasteiger partial charge in [0.05, 0.1) is 5.60 Å². The zero-order chi connectivity index (χ0) is 15.1. The van der Waals surface area contributed by atoms with Crippen LogP contribution in [0.3, 0.4) is 0 Å². The molecule has 1 aliphatic rings. The van der Waals surface area contributed by atoms with E-state index in [1.165, 1.54) is 31.2 Å². The van der Waals surface area contributed by atoms with Crippen LogP contribution >= 0.6 is 0 Å². The van der Waals surface area contributed by atoms with E-state index in [1.807, 2.05) is 0 Å². The molecule has 0 aromatic heterocycles. The van der Waals surface area contributed by atoms with Gasteiger partial charge in [0.15, 0.2) is 0 Å². The third-order valence-corrected chi connectivity index (χ3v) is 4.43. The number of nitrogens with one attached hydrogen (secondary N) is 1. The van der Waals surface area contributed by atoms with Gasteiger partial charge in [0.2, 0.25) is 0 Å². The Morgan fingerprint density at radius 1 is 1.24 bits per heavy atom. The Morgan fingerprint density at radius 2 is 2.00 bits per heavy atom. The van der Waals surface area contributed by atoms with Gasteiger partial charge < -0.3 is 10.1 Å². The molecule has 2 rings (SSSR count). The van der Waals surface area contributed by atoms with Crippen molar-refractivity contribution in [2.24, 2.45) is 0 Å². The Morgan fingerprint density at radius 3 is 2.67 bits per heavy atom. The highest BCUT2D eigenvalue weighted by atomic mass is 16.5. The molecule has 2 heteroatoms. The molecule has 1 fully saturated rings. The van der Waals surface area contributed by atoms with Crippen molar-refractivity contribution in [2.45, 2.75) is 77.0 Å². The van der Waals surface area contributed by atoms with E-state index in [0.717, 1.165) is 19.4 Å². The van der Waals surface area contributed by atoms with Gasteiger partial charge in [-0.2, -0.15) is 0 Å². The molecular weight excluding hydrogens is 258 g/mol. The Kier molecular flexibility index (Phi) is 6.25. The van der Waals surface area contributed by atoms with Crippen LogP contribution in [0, 0.1) is 0 Å². The fourth-order valence-corrected chi connectivity index (χ4v) is 3.29. The number of benzene rings is 1. The SMILES string of the molecule is CCCCCC(NC1CCOC(C)(C)C1)c1ccccc1. The molecule has 1 heterocycles. The van der Waals surface area contributed by atoms with E-state index >= 15 is 0 Å². The summed E-state index contributed by atoms with van der Waals surface area (Å²) in [6.45, 7) is 7.55. The lowest BCUT2D eigenvalue weighted by Gasteiger charge is -2.38. The van der Waals surface area contributed by atoms with Crippen LogP contribution < -0.4 is 5.32 Å². The zero-order valence-electron chi connectivity index (χ0n) is 13.9. The molecular formula is C19H31NO. The molecule has 0 saturated carbocycles. The lowest BCUT2D eigenvalue weighted by molar-refractivity contribution is -0.0643. The summed E-state index contributed by atoms with van der Waals surface area (Å²) >= 11 is 0. The van der Waals surface area contributed by atoms with Gasteiger partial charge >= 0.3 is 0 Å². The lowest BCUT2D eigenvalue weighted by atomic mass is 9.91. The maximum atomic E-state index is 5.84. The van der Waals surface area contributed by atoms with Crippen LogP contribution in [0.4, 0.5) is 0 Å². The smallest absolute Gasteiger partial charge is 0.0641 e. The maximum Gasteiger partial charge on any atom is 0.0641 e. The van der Waals surface area contributed by atoms with E-state index in [0.29, 0.717) is 12.1 Å². The predicted octanol–water partition coefficient (Wildman–Crippen LogP) is 4.86. The third-order valence-electron chi connectivity index (χ3n) is 4.43. The first kappa shape index (κ1) is 16.5. The van der Waals surface area contributed by atoms with Crippen LogP contribution in [0.15, 0.2) is 30.3 Å². The third kappa shape index (κ3) is 5.44. The number of hydrogen-bond donors (Lipinski definition) is 1. The second-order valence-electron chi connectivity index (χ2n) is 6.92. The number of hydrogen-bond acceptors (Lipinski definition) is 2. The van der Waals surface area contributed by atoms with Gasteiger partial charge in [-0.1, -0.05) is 56.5 Å². The van der Waals surface area contributed by atoms with E-state index < -0.39 is 0 Å². The largest absolute Gasteiger partial charge is 0.375 e. The van der Waals surface area contributed by atoms with Crippen LogP contribution in [0.25, 0.3) is 0 Å². The molecule has 2 atom stereocenters. The monoisotopic (exact) mass is 289 g/mol. The summed E-state index contributed by atoms with van der Waals surface area (Å²) in [5.41, 5.74) is 1.44. The van der Waals surface area contributed by atoms with E-state index in [9.17, 15) is 0 Å². The Balaban J connectivity index is 1.98. The van der Waals surface area contributed by atoms with Gasteiger partial charge in [-0.3, -0.25) is 0 Å². The molecule has 1 aliphatic heterocycles. The minimum absolute atomic E-state index is 0.0145. The molecule has 118 valence electrons. The van der Waals surface area contributed by atoms with Gasteiger partial charge in [0.25, 0.3) is 0 Å². The Hall–Kier alpha value is -0.860. The molecule has 1 aromatic carbocycles. The fraction of sp³-hybridized carbons (Fsp3) is 0.684. The lowest BCUT2D eigenvalue weighted by Crippen LogP contribution is -2.44. The first-order valence-corrected chi connectivity index (χ1v) is 8.55. The summed E-state index contributed by atoms with van der Waals surface area (Å²) in [4.78, 5) is 0. The maximum absolute atomic E-state index is 5.84. The molecule has 1 saturated heterocycles. The van der Waals surface area contributed by atoms with Crippen molar-refractivity contribution in [1.29, 1.82) is 0 Å². The minimum atomic E-state index is 0.0145. The van der Waals surface area contributed by atoms with Crippen LogP contribution in [-0.4, -0.2) is 18.2 Å². The quantitative estimate of drug-likeness (QED) is 0.724. The molecule has 1 aromatic rings. The van der Waals surface area contributed by atoms with E-state index in [-0.39, 0.29) is 5.60 Å². The first-order valence-electron chi connectivity index (χ1n) is 8.55. The summed E-state index contributed by atoms with van der Waals surface area (Å²) in [6, 6.07) is 12.0. The van der Waals surface area contributed by atoms with Crippen molar-refractivity contribution in [2.75, 3.05) is 6.61 Å². The molecule has 1 N–H and O–H groups in total. The number of ether oxygens (including phenoxy) is 1. The molecule has 0 bridgehead atoms. The summed E-state index contributed by atoms with van der Waals surface area (Å²) in [5.74, 6) is 0. The average Bonchev–Trinajstić information content (AvgIpc) is 2.46. The van der Waals surface area contributed by atoms with Crippen LogP contribution in [0.1, 0.15) is 70.9 Å². The topological polar surface area (TPSA) is 21.3 Å². The molecule has 2 unspecified atom stereocenters. The first-order chi connectivity index (χ1) is 10.1. The molecule has 0 radical (unpaired) electrons. The number of rotatable bonds is 7. The van der Waals surface area contributed by atoms with E-state index in [4.69, 9.17) is 4.74 Å². The van der Waals surface area contributed by atoms with Crippen LogP contribution in [-0.2, 0) is 4.74 Å². The Labute approximate surface area is 130 Å². The predicted molar refractivity (Wildman–Crippen MR) is 89.5 cm³/mol. The van der Waals surface area contributed by atoms with Gasteiger partial charge in [-0.05, 0) is 38.7 Å². The van der Waals surface area contributed by atoms with Gasteiger partial charge in [0, 0.05) is 18.7 Å². The molecule has 21 heavy (non-hydrogen) atoms. The van der Waals surface area contributed by atoms with Crippen molar-refractivity contribution < 1.29 is 4.74 Å². The van der Waals surface area contributed by atoms with E-state index in [1.54, 1.807) is 0 Å². The standard InChI is InChI=1S/C19H31NO/c1-4-5-7-12-18(16-10-8-6-9-11-16)20-17-13-14-21-19(2,3)15-17/h6,8-11,17-18,20H,4-5,7,12-15H2,1-3H3. The molecule has 2 nitrogen and oxygen atoms in total. The zero-order valence-corrected chi connectivity index (χ0v) is 13.9. The summed E-state index contributed by atoms with van der Waals surface area (Å²) in [7, 11) is 0. The van der Waals surface area contributed by atoms with Crippen LogP contribution in [0.5, 0.6) is 0 Å². The second-order valence-corrected chi connectivity index (χ2v) is 6.92. The highest BCUT2D eigenvalue weighted by molar-refractivity contribution is 5.19. The fourth-order valence-electron chi connectivity index (χ4n) is 3.29. The average molecular weight is 289 g/mol. The highest BCUT2D eigenvalue weighted by Crippen LogP contribution is 2.27. The van der Waals surface area contributed by atoms with Crippen molar-refractivity contribution in [3.63, 3.8) is 0 Å². The van der Waals surface area contributed by atoms with Crippen molar-refractivity contribution in [3.05, 3.63) is 35.9 Å². The normalized spacial score (nSPS) is 22.9. The Bertz CT molecular complexity index is 401. The van der Waals surface area contributed by atoms with Crippen molar-refractivity contribution in [3.8, 4) is 0 Å². The van der Waals surface area contributed by atoms with Gasteiger partial charge in [0.1, 0.15) is 0 Å². The van der Waals surface area contributed by atoms with Crippen LogP contribution in [0.2, 0.25) is 0 Å². The van der Waals surface area contributed by atoms with Crippen molar-refractivity contribution in [1.82, 2.24) is 5.32 Å². The molecule has 0 spiro atoms. The minimum Gasteiger partial charge on any atom is -0.375 e. The van der Waals surface area contributed by atoms with E-state index in [2.05, 4.69) is 56.4 Å². The molecule has 0 amide bonds. The highest BCUT2D eigenvalue weighted by Gasteiger charge is 2.30. The van der Waals surface area contributed by atoms with Gasteiger partial charge in [-0.25, -0.2) is 0 Å². The summed E-state index contributed by atoms with van der Waals surface area (Å²) in [6.07, 6.45) is 7.37. The second kappa shape index (κ2) is 7.95. The summed E-state index contributed by atoms with van der Waals surface area (Å²) in [5, 5.41) is 3.91. The number of unbranched alkanes of at least 4 members (excludes halogenated alkanes) is 2.